The Hall–Kier alpha value is -4.51. The molecule has 0 amide bonds. The summed E-state index contributed by atoms with van der Waals surface area (Å²) in [6.45, 7) is 4.05. The van der Waals surface area contributed by atoms with Crippen molar-refractivity contribution in [3.8, 4) is 28.0 Å². The van der Waals surface area contributed by atoms with E-state index < -0.39 is 11.7 Å². The molecule has 2 nitrogen and oxygen atoms in total. The molecule has 36 heavy (non-hydrogen) atoms. The first-order valence-corrected chi connectivity index (χ1v) is 11.3. The van der Waals surface area contributed by atoms with Crippen LogP contribution in [0, 0.1) is 0 Å². The lowest BCUT2D eigenvalue weighted by Crippen LogP contribution is -2.03. The average molecular weight is 482 g/mol. The van der Waals surface area contributed by atoms with Gasteiger partial charge in [-0.15, -0.1) is 0 Å². The van der Waals surface area contributed by atoms with Crippen molar-refractivity contribution in [2.75, 3.05) is 5.73 Å². The zero-order valence-electron chi connectivity index (χ0n) is 19.2. The van der Waals surface area contributed by atoms with Crippen LogP contribution in [-0.4, -0.2) is 0 Å². The van der Waals surface area contributed by atoms with Gasteiger partial charge in [0.1, 0.15) is 11.5 Å². The Morgan fingerprint density at radius 1 is 0.639 bits per heavy atom. The lowest BCUT2D eigenvalue weighted by molar-refractivity contribution is -0.137. The minimum absolute atomic E-state index is 0.512. The molecule has 0 fully saturated rings. The summed E-state index contributed by atoms with van der Waals surface area (Å²) >= 11 is 0. The number of anilines is 1. The van der Waals surface area contributed by atoms with Gasteiger partial charge in [-0.05, 0) is 69.4 Å². The fourth-order valence-electron chi connectivity index (χ4n) is 4.07. The highest BCUT2D eigenvalue weighted by Crippen LogP contribution is 2.33. The largest absolute Gasteiger partial charge is 0.455 e. The van der Waals surface area contributed by atoms with E-state index in [9.17, 15) is 13.2 Å². The summed E-state index contributed by atoms with van der Waals surface area (Å²) in [5.74, 6) is 1.08. The predicted molar refractivity (Wildman–Crippen MR) is 140 cm³/mol. The van der Waals surface area contributed by atoms with E-state index in [-0.39, 0.29) is 0 Å². The van der Waals surface area contributed by atoms with Gasteiger partial charge in [0.25, 0.3) is 0 Å². The topological polar surface area (TPSA) is 35.2 Å². The third-order valence-corrected chi connectivity index (χ3v) is 6.08. The maximum absolute atomic E-state index is 12.8. The first-order chi connectivity index (χ1) is 17.3. The van der Waals surface area contributed by atoms with Crippen molar-refractivity contribution >= 4 is 22.2 Å². The van der Waals surface area contributed by atoms with Gasteiger partial charge in [0, 0.05) is 5.56 Å². The molecular formula is C31H22F3NO. The van der Waals surface area contributed by atoms with Crippen molar-refractivity contribution in [3.63, 3.8) is 0 Å². The molecule has 0 atom stereocenters. The van der Waals surface area contributed by atoms with Gasteiger partial charge < -0.3 is 10.5 Å². The van der Waals surface area contributed by atoms with Crippen molar-refractivity contribution in [2.24, 2.45) is 0 Å². The molecule has 0 unspecified atom stereocenters. The number of benzene rings is 5. The Morgan fingerprint density at radius 2 is 1.17 bits per heavy atom. The second-order valence-electron chi connectivity index (χ2n) is 8.49. The molecule has 0 spiro atoms. The fraction of sp³-hybridized carbons (Fsp3) is 0.0323. The van der Waals surface area contributed by atoms with E-state index in [2.05, 4.69) is 12.6 Å². The molecule has 0 radical (unpaired) electrons. The minimum atomic E-state index is -4.34. The van der Waals surface area contributed by atoms with Crippen LogP contribution in [0.5, 0.6) is 5.75 Å². The molecule has 0 saturated heterocycles. The van der Waals surface area contributed by atoms with Gasteiger partial charge in [0.05, 0.1) is 11.3 Å². The number of rotatable bonds is 5. The number of alkyl halides is 3. The van der Waals surface area contributed by atoms with Crippen molar-refractivity contribution in [2.45, 2.75) is 6.18 Å². The van der Waals surface area contributed by atoms with E-state index in [1.54, 1.807) is 12.1 Å². The molecule has 5 heteroatoms. The second kappa shape index (κ2) is 9.27. The van der Waals surface area contributed by atoms with Crippen molar-refractivity contribution in [3.05, 3.63) is 127 Å². The zero-order valence-corrected chi connectivity index (χ0v) is 19.2. The van der Waals surface area contributed by atoms with Gasteiger partial charge >= 0.3 is 6.18 Å². The third-order valence-electron chi connectivity index (χ3n) is 6.08. The van der Waals surface area contributed by atoms with Crippen molar-refractivity contribution in [1.82, 2.24) is 0 Å². The summed E-state index contributed by atoms with van der Waals surface area (Å²) < 4.78 is 44.3. The molecule has 178 valence electrons. The van der Waals surface area contributed by atoms with Gasteiger partial charge in [-0.1, -0.05) is 79.4 Å². The Labute approximate surface area is 207 Å². The summed E-state index contributed by atoms with van der Waals surface area (Å²) in [6, 6.07) is 32.5. The van der Waals surface area contributed by atoms with Crippen LogP contribution in [0.3, 0.4) is 0 Å². The number of nitrogen functional groups attached to an aromatic ring is 1. The zero-order chi connectivity index (χ0) is 25.3. The number of halogens is 3. The summed E-state index contributed by atoms with van der Waals surface area (Å²) in [6.07, 6.45) is -4.34. The molecule has 0 aromatic heterocycles. The predicted octanol–water partition coefficient (Wildman–Crippen LogP) is 8.82. The molecule has 0 bridgehead atoms. The smallest absolute Gasteiger partial charge is 0.416 e. The maximum Gasteiger partial charge on any atom is 0.416 e. The molecule has 0 aliphatic rings. The van der Waals surface area contributed by atoms with Crippen LogP contribution in [0.2, 0.25) is 0 Å². The lowest BCUT2D eigenvalue weighted by atomic mass is 9.97. The SMILES string of the molecule is C=C(Oc1ccccc1N)c1ccc2cc(-c3ccc(-c4ccc(C(F)(F)F)cc4)cc3)ccc2c1. The average Bonchev–Trinajstić information content (AvgIpc) is 2.89. The highest BCUT2D eigenvalue weighted by molar-refractivity contribution is 5.90. The highest BCUT2D eigenvalue weighted by Gasteiger charge is 2.29. The van der Waals surface area contributed by atoms with Crippen molar-refractivity contribution in [1.29, 1.82) is 0 Å². The van der Waals surface area contributed by atoms with Crippen LogP contribution in [0.25, 0.3) is 38.8 Å². The van der Waals surface area contributed by atoms with Crippen LogP contribution >= 0.6 is 0 Å². The van der Waals surface area contributed by atoms with Gasteiger partial charge in [0.2, 0.25) is 0 Å². The number of para-hydroxylation sites is 2. The molecule has 0 heterocycles. The number of hydrogen-bond acceptors (Lipinski definition) is 2. The normalized spacial score (nSPS) is 11.4. The number of ether oxygens (including phenoxy) is 1. The van der Waals surface area contributed by atoms with Crippen LogP contribution in [0.15, 0.2) is 116 Å². The van der Waals surface area contributed by atoms with Gasteiger partial charge in [0.15, 0.2) is 0 Å². The van der Waals surface area contributed by atoms with Crippen LogP contribution in [0.4, 0.5) is 18.9 Å². The van der Waals surface area contributed by atoms with Gasteiger partial charge in [-0.25, -0.2) is 0 Å². The quantitative estimate of drug-likeness (QED) is 0.201. The molecule has 5 aromatic rings. The fourth-order valence-corrected chi connectivity index (χ4v) is 4.07. The lowest BCUT2D eigenvalue weighted by Gasteiger charge is -2.12. The molecular weight excluding hydrogens is 459 g/mol. The molecule has 2 N–H and O–H groups in total. The van der Waals surface area contributed by atoms with Crippen LogP contribution < -0.4 is 10.5 Å². The Balaban J connectivity index is 1.35. The Kier molecular flexibility index (Phi) is 5.98. The van der Waals surface area contributed by atoms with E-state index in [0.29, 0.717) is 17.2 Å². The van der Waals surface area contributed by atoms with E-state index in [1.807, 2.05) is 66.7 Å². The first kappa shape index (κ1) is 23.2. The van der Waals surface area contributed by atoms with Crippen LogP contribution in [-0.2, 0) is 6.18 Å². The summed E-state index contributed by atoms with van der Waals surface area (Å²) in [7, 11) is 0. The monoisotopic (exact) mass is 481 g/mol. The van der Waals surface area contributed by atoms with E-state index in [4.69, 9.17) is 10.5 Å². The number of fused-ring (bicyclic) bond motifs is 1. The summed E-state index contributed by atoms with van der Waals surface area (Å²) in [4.78, 5) is 0. The number of nitrogens with two attached hydrogens (primary N) is 1. The second-order valence-corrected chi connectivity index (χ2v) is 8.49. The standard InChI is InChI=1S/C31H22F3NO/c1-20(36-30-5-3-2-4-29(30)35)24-10-11-27-19-25(12-13-26(27)18-24)23-8-6-21(7-9-23)22-14-16-28(17-15-22)31(32,33)34/h2-19H,1,35H2. The summed E-state index contributed by atoms with van der Waals surface area (Å²) in [5.41, 5.74) is 10.4. The molecule has 0 aliphatic carbocycles. The molecule has 5 aromatic carbocycles. The van der Waals surface area contributed by atoms with Crippen molar-refractivity contribution < 1.29 is 17.9 Å². The Morgan fingerprint density at radius 3 is 1.81 bits per heavy atom. The third kappa shape index (κ3) is 4.82. The highest BCUT2D eigenvalue weighted by atomic mass is 19.4. The summed E-state index contributed by atoms with van der Waals surface area (Å²) in [5, 5.41) is 2.11. The van der Waals surface area contributed by atoms with E-state index in [1.165, 1.54) is 12.1 Å². The van der Waals surface area contributed by atoms with E-state index >= 15 is 0 Å². The Bertz CT molecular complexity index is 1550. The minimum Gasteiger partial charge on any atom is -0.455 e. The van der Waals surface area contributed by atoms with Crippen LogP contribution in [0.1, 0.15) is 11.1 Å². The molecule has 0 saturated carbocycles. The van der Waals surface area contributed by atoms with Gasteiger partial charge in [-0.3, -0.25) is 0 Å². The molecule has 0 aliphatic heterocycles. The van der Waals surface area contributed by atoms with Gasteiger partial charge in [-0.2, -0.15) is 13.2 Å². The first-order valence-electron chi connectivity index (χ1n) is 11.3. The number of hydrogen-bond donors (Lipinski definition) is 1. The molecule has 5 rings (SSSR count). The maximum atomic E-state index is 12.8. The van der Waals surface area contributed by atoms with E-state index in [0.717, 1.165) is 50.7 Å².